The van der Waals surface area contributed by atoms with Crippen molar-refractivity contribution in [3.63, 3.8) is 0 Å². The van der Waals surface area contributed by atoms with Gasteiger partial charge in [0.15, 0.2) is 0 Å². The Morgan fingerprint density at radius 3 is 2.92 bits per heavy atom. The lowest BCUT2D eigenvalue weighted by Crippen LogP contribution is -2.68. The zero-order valence-electron chi connectivity index (χ0n) is 14.0. The highest BCUT2D eigenvalue weighted by Gasteiger charge is 2.51. The third-order valence-corrected chi connectivity index (χ3v) is 6.61. The van der Waals surface area contributed by atoms with E-state index in [-0.39, 0.29) is 23.1 Å². The van der Waals surface area contributed by atoms with E-state index in [9.17, 15) is 14.7 Å². The molecule has 3 heterocycles. The molecular weight excluding hydrogens is 366 g/mol. The molecule has 12 heteroatoms. The van der Waals surface area contributed by atoms with Crippen molar-refractivity contribution < 1.29 is 14.7 Å². The van der Waals surface area contributed by atoms with Crippen LogP contribution in [0.1, 0.15) is 13.1 Å². The number of nitrogens with two attached hydrogens (primary N) is 1. The number of hydrogen-bond donors (Lipinski definition) is 2. The van der Waals surface area contributed by atoms with Crippen LogP contribution >= 0.6 is 23.5 Å². The molecule has 1 fully saturated rings. The maximum Gasteiger partial charge on any atom is 0.352 e. The highest BCUT2D eigenvalue weighted by Crippen LogP contribution is 2.40. The van der Waals surface area contributed by atoms with Gasteiger partial charge in [0.2, 0.25) is 11.1 Å². The van der Waals surface area contributed by atoms with E-state index in [0.29, 0.717) is 22.2 Å². The molecule has 1 amide bonds. The fourth-order valence-electron chi connectivity index (χ4n) is 2.58. The second-order valence-electron chi connectivity index (χ2n) is 5.98. The number of hydrogen-bond acceptors (Lipinski definition) is 9. The Balaban J connectivity index is 1.80. The van der Waals surface area contributed by atoms with Crippen molar-refractivity contribution in [2.45, 2.75) is 29.7 Å². The number of amides is 1. The first kappa shape index (κ1) is 18.2. The lowest BCUT2D eigenvalue weighted by atomic mass is 10.0. The van der Waals surface area contributed by atoms with Gasteiger partial charge in [-0.25, -0.2) is 9.48 Å². The van der Waals surface area contributed by atoms with E-state index < -0.39 is 12.0 Å². The Kier molecular flexibility index (Phi) is 5.04. The summed E-state index contributed by atoms with van der Waals surface area (Å²) < 4.78 is 1.68. The predicted molar refractivity (Wildman–Crippen MR) is 92.7 cm³/mol. The van der Waals surface area contributed by atoms with Crippen LogP contribution in [-0.4, -0.2) is 84.0 Å². The Morgan fingerprint density at radius 1 is 1.56 bits per heavy atom. The van der Waals surface area contributed by atoms with Crippen LogP contribution in [0.15, 0.2) is 16.4 Å². The number of rotatable bonds is 6. The zero-order chi connectivity index (χ0) is 18.3. The van der Waals surface area contributed by atoms with Gasteiger partial charge in [0.1, 0.15) is 23.3 Å². The maximum atomic E-state index is 11.9. The van der Waals surface area contributed by atoms with Crippen molar-refractivity contribution in [2.75, 3.05) is 25.6 Å². The van der Waals surface area contributed by atoms with E-state index in [1.54, 1.807) is 4.68 Å². The van der Waals surface area contributed by atoms with Crippen molar-refractivity contribution in [3.8, 4) is 0 Å². The molecule has 3 atom stereocenters. The minimum atomic E-state index is -1.11. The van der Waals surface area contributed by atoms with Gasteiger partial charge in [-0.15, -0.1) is 16.9 Å². The topological polar surface area (TPSA) is 130 Å². The second-order valence-corrected chi connectivity index (χ2v) is 8.03. The molecule has 1 aromatic heterocycles. The lowest BCUT2D eigenvalue weighted by Gasteiger charge is -2.48. The number of carbonyl (C=O) groups is 2. The van der Waals surface area contributed by atoms with Crippen LogP contribution in [0.3, 0.4) is 0 Å². The van der Waals surface area contributed by atoms with Crippen molar-refractivity contribution in [1.29, 1.82) is 0 Å². The summed E-state index contributed by atoms with van der Waals surface area (Å²) in [6.07, 6.45) is -0.0366. The molecule has 3 N–H and O–H groups in total. The van der Waals surface area contributed by atoms with Gasteiger partial charge in [0.05, 0.1) is 0 Å². The quantitative estimate of drug-likeness (QED) is 0.485. The monoisotopic (exact) mass is 385 g/mol. The minimum Gasteiger partial charge on any atom is -0.477 e. The fourth-order valence-corrected chi connectivity index (χ4v) is 4.96. The molecule has 3 unspecified atom stereocenters. The van der Waals surface area contributed by atoms with Gasteiger partial charge in [0.25, 0.3) is 0 Å². The summed E-state index contributed by atoms with van der Waals surface area (Å²) in [6.45, 7) is 1.96. The van der Waals surface area contributed by atoms with Crippen molar-refractivity contribution in [3.05, 3.63) is 11.3 Å². The number of fused-ring (bicyclic) bond motifs is 1. The Morgan fingerprint density at radius 2 is 2.28 bits per heavy atom. The number of carboxylic acid groups (broad SMARTS) is 1. The lowest BCUT2D eigenvalue weighted by molar-refractivity contribution is -0.147. The summed E-state index contributed by atoms with van der Waals surface area (Å²) in [6, 6.07) is -0.623. The van der Waals surface area contributed by atoms with Gasteiger partial charge in [0, 0.05) is 11.5 Å². The highest BCUT2D eigenvalue weighted by atomic mass is 32.2. The summed E-state index contributed by atoms with van der Waals surface area (Å²) in [4.78, 5) is 26.9. The molecule has 136 valence electrons. The average Bonchev–Trinajstić information content (AvgIpc) is 3.05. The second kappa shape index (κ2) is 6.94. The van der Waals surface area contributed by atoms with Crippen LogP contribution in [0, 0.1) is 0 Å². The summed E-state index contributed by atoms with van der Waals surface area (Å²) in [5, 5.41) is 21.6. The number of tetrazole rings is 1. The van der Waals surface area contributed by atoms with E-state index in [1.165, 1.54) is 28.4 Å². The van der Waals surface area contributed by atoms with Crippen LogP contribution in [0.2, 0.25) is 0 Å². The van der Waals surface area contributed by atoms with Gasteiger partial charge in [-0.1, -0.05) is 11.8 Å². The molecular formula is C13H19N7O3S2. The third kappa shape index (κ3) is 3.14. The molecule has 0 aromatic carbocycles. The van der Waals surface area contributed by atoms with Gasteiger partial charge in [-0.3, -0.25) is 14.6 Å². The van der Waals surface area contributed by atoms with Crippen molar-refractivity contribution >= 4 is 35.4 Å². The largest absolute Gasteiger partial charge is 0.477 e. The van der Waals surface area contributed by atoms with Gasteiger partial charge in [-0.2, -0.15) is 0 Å². The van der Waals surface area contributed by atoms with Gasteiger partial charge >= 0.3 is 5.97 Å². The first-order valence-corrected chi connectivity index (χ1v) is 9.59. The first-order valence-electron chi connectivity index (χ1n) is 7.55. The molecule has 1 aromatic rings. The SMILES string of the molecule is CC(N(C)C)n1nnnc1SCC1=C(C(=O)O)N2C(=O)C(N)C2SC1. The average molecular weight is 385 g/mol. The van der Waals surface area contributed by atoms with Crippen LogP contribution in [0.25, 0.3) is 0 Å². The van der Waals surface area contributed by atoms with Crippen LogP contribution in [-0.2, 0) is 9.59 Å². The third-order valence-electron chi connectivity index (χ3n) is 4.23. The molecule has 2 aliphatic rings. The van der Waals surface area contributed by atoms with Gasteiger partial charge in [-0.05, 0) is 37.0 Å². The molecule has 2 aliphatic heterocycles. The number of β-lactam (4-membered cyclic amide) rings is 1. The number of aromatic nitrogens is 4. The van der Waals surface area contributed by atoms with Gasteiger partial charge < -0.3 is 10.8 Å². The Hall–Kier alpha value is -1.63. The Labute approximate surface area is 152 Å². The standard InChI is InChI=1S/C13H19N7O3S2/c1-6(18(2)3)20-13(15-16-17-20)25-5-7-4-24-11-8(14)10(21)19(11)9(7)12(22)23/h6,8,11H,4-5,14H2,1-3H3,(H,22,23). The van der Waals surface area contributed by atoms with E-state index in [2.05, 4.69) is 15.5 Å². The van der Waals surface area contributed by atoms with Crippen molar-refractivity contribution in [2.24, 2.45) is 5.73 Å². The number of aliphatic carboxylic acids is 1. The highest BCUT2D eigenvalue weighted by molar-refractivity contribution is 8.01. The zero-order valence-corrected chi connectivity index (χ0v) is 15.6. The molecule has 10 nitrogen and oxygen atoms in total. The molecule has 0 aliphatic carbocycles. The number of thioether (sulfide) groups is 2. The summed E-state index contributed by atoms with van der Waals surface area (Å²) in [5.74, 6) is -0.548. The van der Waals surface area contributed by atoms with E-state index in [4.69, 9.17) is 5.73 Å². The molecule has 0 spiro atoms. The summed E-state index contributed by atoms with van der Waals surface area (Å²) in [7, 11) is 3.84. The number of carbonyl (C=O) groups excluding carboxylic acids is 1. The van der Waals surface area contributed by atoms with Crippen LogP contribution < -0.4 is 5.73 Å². The first-order chi connectivity index (χ1) is 11.8. The molecule has 0 radical (unpaired) electrons. The number of carboxylic acids is 1. The maximum absolute atomic E-state index is 11.9. The predicted octanol–water partition coefficient (Wildman–Crippen LogP) is -0.574. The minimum absolute atomic E-state index is 0.0366. The summed E-state index contributed by atoms with van der Waals surface area (Å²) >= 11 is 2.84. The molecule has 0 bridgehead atoms. The Bertz CT molecular complexity index is 735. The molecule has 0 saturated carbocycles. The van der Waals surface area contributed by atoms with E-state index in [1.807, 2.05) is 25.9 Å². The molecule has 1 saturated heterocycles. The van der Waals surface area contributed by atoms with Crippen LogP contribution in [0.5, 0.6) is 0 Å². The smallest absolute Gasteiger partial charge is 0.352 e. The van der Waals surface area contributed by atoms with E-state index in [0.717, 1.165) is 0 Å². The van der Waals surface area contributed by atoms with Crippen LogP contribution in [0.4, 0.5) is 0 Å². The van der Waals surface area contributed by atoms with Crippen molar-refractivity contribution in [1.82, 2.24) is 30.0 Å². The normalized spacial score (nSPS) is 24.4. The molecule has 3 rings (SSSR count). The fraction of sp³-hybridized carbons (Fsp3) is 0.615. The molecule has 25 heavy (non-hydrogen) atoms. The summed E-state index contributed by atoms with van der Waals surface area (Å²) in [5.41, 5.74) is 6.47. The number of nitrogens with zero attached hydrogens (tertiary/aromatic N) is 6. The van der Waals surface area contributed by atoms with E-state index >= 15 is 0 Å².